The molecule has 0 aliphatic rings. The third-order valence-electron chi connectivity index (χ3n) is 2.81. The van der Waals surface area contributed by atoms with Crippen molar-refractivity contribution < 1.29 is 4.79 Å². The molecule has 0 fully saturated rings. The predicted molar refractivity (Wildman–Crippen MR) is 67.1 cm³/mol. The number of hydrogen-bond donors (Lipinski definition) is 1. The van der Waals surface area contributed by atoms with E-state index >= 15 is 0 Å². The number of nitrogens with one attached hydrogen (secondary N) is 1. The third-order valence-corrected chi connectivity index (χ3v) is 2.81. The highest BCUT2D eigenvalue weighted by atomic mass is 16.2. The predicted octanol–water partition coefficient (Wildman–Crippen LogP) is 3.04. The van der Waals surface area contributed by atoms with Gasteiger partial charge < -0.3 is 5.32 Å². The van der Waals surface area contributed by atoms with Crippen LogP contribution in [0.5, 0.6) is 0 Å². The van der Waals surface area contributed by atoms with Gasteiger partial charge in [0.2, 0.25) is 5.91 Å². The Morgan fingerprint density at radius 3 is 2.38 bits per heavy atom. The first-order chi connectivity index (χ1) is 7.49. The zero-order valence-electron chi connectivity index (χ0n) is 10.0. The molecule has 0 spiro atoms. The van der Waals surface area contributed by atoms with E-state index < -0.39 is 0 Å². The lowest BCUT2D eigenvalue weighted by atomic mass is 9.89. The van der Waals surface area contributed by atoms with Crippen molar-refractivity contribution in [2.75, 3.05) is 5.32 Å². The number of amides is 1. The molecule has 0 unspecified atom stereocenters. The minimum atomic E-state index is -0.342. The van der Waals surface area contributed by atoms with Crippen LogP contribution in [-0.4, -0.2) is 5.91 Å². The molecule has 16 heavy (non-hydrogen) atoms. The van der Waals surface area contributed by atoms with Crippen molar-refractivity contribution in [1.29, 1.82) is 0 Å². The molecule has 1 amide bonds. The number of carbonyl (C=O) groups is 1. The van der Waals surface area contributed by atoms with Gasteiger partial charge in [-0.1, -0.05) is 26.7 Å². The Morgan fingerprint density at radius 2 is 1.94 bits per heavy atom. The summed E-state index contributed by atoms with van der Waals surface area (Å²) < 4.78 is 0. The van der Waals surface area contributed by atoms with Crippen LogP contribution in [0.1, 0.15) is 32.8 Å². The monoisotopic (exact) mass is 215 g/mol. The smallest absolute Gasteiger partial charge is 0.230 e. The Labute approximate surface area is 97.1 Å². The summed E-state index contributed by atoms with van der Waals surface area (Å²) in [4.78, 5) is 11.9. The van der Waals surface area contributed by atoms with Gasteiger partial charge in [-0.2, -0.15) is 0 Å². The van der Waals surface area contributed by atoms with E-state index in [2.05, 4.69) is 11.2 Å². The molecule has 0 heterocycles. The molecule has 0 saturated heterocycles. The number of hydrogen-bond acceptors (Lipinski definition) is 1. The highest BCUT2D eigenvalue weighted by Gasteiger charge is 2.24. The van der Waals surface area contributed by atoms with E-state index in [1.807, 2.05) is 45.0 Å². The molecule has 84 valence electrons. The second kappa shape index (κ2) is 4.85. The Hall–Kier alpha value is -1.75. The molecule has 1 aromatic rings. The van der Waals surface area contributed by atoms with Crippen LogP contribution in [0.3, 0.4) is 0 Å². The van der Waals surface area contributed by atoms with Crippen LogP contribution in [0.15, 0.2) is 24.3 Å². The minimum Gasteiger partial charge on any atom is -0.326 e. The first-order valence-corrected chi connectivity index (χ1v) is 5.37. The molecule has 2 nitrogen and oxygen atoms in total. The normalized spacial score (nSPS) is 10.6. The van der Waals surface area contributed by atoms with Crippen LogP contribution in [0, 0.1) is 17.8 Å². The van der Waals surface area contributed by atoms with E-state index in [4.69, 9.17) is 6.42 Å². The Balaban J connectivity index is 2.75. The summed E-state index contributed by atoms with van der Waals surface area (Å²) in [5.74, 6) is 2.57. The maximum absolute atomic E-state index is 11.9. The Kier molecular flexibility index (Phi) is 3.73. The summed E-state index contributed by atoms with van der Waals surface area (Å²) in [6, 6.07) is 7.26. The Morgan fingerprint density at radius 1 is 1.38 bits per heavy atom. The molecule has 1 rings (SSSR count). The molecular formula is C14H17NO. The standard InChI is InChI=1S/C14H17NO/c1-5-11-7-9-12(10-8-11)15-13(16)14(3,4)6-2/h1,7-10H,6H2,2-4H3,(H,15,16). The Bertz CT molecular complexity index is 409. The largest absolute Gasteiger partial charge is 0.326 e. The lowest BCUT2D eigenvalue weighted by Crippen LogP contribution is -2.29. The zero-order valence-corrected chi connectivity index (χ0v) is 10.0. The van der Waals surface area contributed by atoms with Crippen LogP contribution in [0.25, 0.3) is 0 Å². The molecule has 0 bridgehead atoms. The van der Waals surface area contributed by atoms with Crippen molar-refractivity contribution in [1.82, 2.24) is 0 Å². The van der Waals surface area contributed by atoms with Crippen molar-refractivity contribution in [3.05, 3.63) is 29.8 Å². The van der Waals surface area contributed by atoms with Gasteiger partial charge in [-0.3, -0.25) is 4.79 Å². The first kappa shape index (κ1) is 12.3. The fourth-order valence-corrected chi connectivity index (χ4v) is 1.11. The summed E-state index contributed by atoms with van der Waals surface area (Å²) in [5.41, 5.74) is 1.25. The fraction of sp³-hybridized carbons (Fsp3) is 0.357. The van der Waals surface area contributed by atoms with Crippen molar-refractivity contribution in [2.45, 2.75) is 27.2 Å². The SMILES string of the molecule is C#Cc1ccc(NC(=O)C(C)(C)CC)cc1. The number of anilines is 1. The maximum Gasteiger partial charge on any atom is 0.230 e. The van der Waals surface area contributed by atoms with Crippen molar-refractivity contribution in [3.63, 3.8) is 0 Å². The first-order valence-electron chi connectivity index (χ1n) is 5.37. The quantitative estimate of drug-likeness (QED) is 0.771. The van der Waals surface area contributed by atoms with Gasteiger partial charge in [0.25, 0.3) is 0 Å². The maximum atomic E-state index is 11.9. The van der Waals surface area contributed by atoms with Gasteiger partial charge in [-0.15, -0.1) is 6.42 Å². The zero-order chi connectivity index (χ0) is 12.2. The van der Waals surface area contributed by atoms with E-state index in [9.17, 15) is 4.79 Å². The van der Waals surface area contributed by atoms with Crippen LogP contribution in [0.4, 0.5) is 5.69 Å². The van der Waals surface area contributed by atoms with Crippen LogP contribution in [-0.2, 0) is 4.79 Å². The molecule has 0 aliphatic carbocycles. The average Bonchev–Trinajstić information content (AvgIpc) is 2.30. The highest BCUT2D eigenvalue weighted by molar-refractivity contribution is 5.94. The molecule has 0 radical (unpaired) electrons. The summed E-state index contributed by atoms with van der Waals surface area (Å²) >= 11 is 0. The number of carbonyl (C=O) groups excluding carboxylic acids is 1. The molecule has 0 atom stereocenters. The van der Waals surface area contributed by atoms with Gasteiger partial charge in [-0.25, -0.2) is 0 Å². The highest BCUT2D eigenvalue weighted by Crippen LogP contribution is 2.22. The van der Waals surface area contributed by atoms with E-state index in [0.717, 1.165) is 17.7 Å². The number of terminal acetylenes is 1. The molecule has 0 saturated carbocycles. The average molecular weight is 215 g/mol. The third kappa shape index (κ3) is 2.87. The van der Waals surface area contributed by atoms with Gasteiger partial charge in [-0.05, 0) is 30.7 Å². The van der Waals surface area contributed by atoms with Crippen LogP contribution < -0.4 is 5.32 Å². The van der Waals surface area contributed by atoms with Crippen LogP contribution in [0.2, 0.25) is 0 Å². The second-order valence-corrected chi connectivity index (χ2v) is 4.41. The van der Waals surface area contributed by atoms with Gasteiger partial charge in [0.15, 0.2) is 0 Å². The lowest BCUT2D eigenvalue weighted by Gasteiger charge is -2.21. The van der Waals surface area contributed by atoms with E-state index in [1.165, 1.54) is 0 Å². The van der Waals surface area contributed by atoms with Gasteiger partial charge in [0.05, 0.1) is 0 Å². The van der Waals surface area contributed by atoms with Crippen molar-refractivity contribution >= 4 is 11.6 Å². The molecule has 1 aromatic carbocycles. The lowest BCUT2D eigenvalue weighted by molar-refractivity contribution is -0.124. The molecule has 0 aromatic heterocycles. The topological polar surface area (TPSA) is 29.1 Å². The van der Waals surface area contributed by atoms with Gasteiger partial charge in [0, 0.05) is 16.7 Å². The van der Waals surface area contributed by atoms with E-state index in [1.54, 1.807) is 0 Å². The number of benzene rings is 1. The molecule has 2 heteroatoms. The van der Waals surface area contributed by atoms with E-state index in [0.29, 0.717) is 0 Å². The summed E-state index contributed by atoms with van der Waals surface area (Å²) in [6.45, 7) is 5.86. The van der Waals surface area contributed by atoms with E-state index in [-0.39, 0.29) is 11.3 Å². The fourth-order valence-electron chi connectivity index (χ4n) is 1.11. The molecule has 1 N–H and O–H groups in total. The minimum absolute atomic E-state index is 0.0310. The number of rotatable bonds is 3. The van der Waals surface area contributed by atoms with Gasteiger partial charge >= 0.3 is 0 Å². The van der Waals surface area contributed by atoms with Crippen molar-refractivity contribution in [2.24, 2.45) is 5.41 Å². The van der Waals surface area contributed by atoms with Gasteiger partial charge in [0.1, 0.15) is 0 Å². The summed E-state index contributed by atoms with van der Waals surface area (Å²) in [7, 11) is 0. The van der Waals surface area contributed by atoms with Crippen molar-refractivity contribution in [3.8, 4) is 12.3 Å². The van der Waals surface area contributed by atoms with Crippen LogP contribution >= 0.6 is 0 Å². The summed E-state index contributed by atoms with van der Waals surface area (Å²) in [6.07, 6.45) is 6.06. The molecule has 0 aliphatic heterocycles. The summed E-state index contributed by atoms with van der Waals surface area (Å²) in [5, 5.41) is 2.88. The second-order valence-electron chi connectivity index (χ2n) is 4.41. The molecular weight excluding hydrogens is 198 g/mol.